The topological polar surface area (TPSA) is 76.5 Å². The first-order valence-corrected chi connectivity index (χ1v) is 9.31. The summed E-state index contributed by atoms with van der Waals surface area (Å²) in [6.07, 6.45) is 3.19. The fourth-order valence-electron chi connectivity index (χ4n) is 3.17. The third-order valence-electron chi connectivity index (χ3n) is 4.54. The first-order chi connectivity index (χ1) is 13.0. The molecule has 0 aliphatic carbocycles. The SMILES string of the molecule is CNC(=O)[C@@H]1CCCN1C(=O)c1nn(-c2ccccc2)cc1OCC(C)C. The van der Waals surface area contributed by atoms with Crippen molar-refractivity contribution in [3.05, 3.63) is 42.2 Å². The normalized spacial score (nSPS) is 16.6. The van der Waals surface area contributed by atoms with Crippen LogP contribution in [0, 0.1) is 5.92 Å². The van der Waals surface area contributed by atoms with Crippen LogP contribution in [-0.2, 0) is 4.79 Å². The summed E-state index contributed by atoms with van der Waals surface area (Å²) in [5, 5.41) is 7.13. The van der Waals surface area contributed by atoms with Crippen LogP contribution in [0.4, 0.5) is 0 Å². The lowest BCUT2D eigenvalue weighted by Crippen LogP contribution is -2.45. The van der Waals surface area contributed by atoms with Gasteiger partial charge in [-0.2, -0.15) is 5.10 Å². The molecule has 1 aliphatic rings. The minimum Gasteiger partial charge on any atom is -0.489 e. The zero-order valence-electron chi connectivity index (χ0n) is 16.0. The largest absolute Gasteiger partial charge is 0.489 e. The number of para-hydroxylation sites is 1. The minimum absolute atomic E-state index is 0.145. The molecule has 2 amide bonds. The van der Waals surface area contributed by atoms with Gasteiger partial charge in [0.25, 0.3) is 5.91 Å². The second-order valence-corrected chi connectivity index (χ2v) is 7.10. The lowest BCUT2D eigenvalue weighted by atomic mass is 10.2. The molecule has 1 aromatic carbocycles. The number of benzene rings is 1. The van der Waals surface area contributed by atoms with Crippen molar-refractivity contribution in [1.29, 1.82) is 0 Å². The summed E-state index contributed by atoms with van der Waals surface area (Å²) in [6.45, 7) is 5.12. The number of nitrogens with zero attached hydrogens (tertiary/aromatic N) is 3. The van der Waals surface area contributed by atoms with Gasteiger partial charge in [-0.3, -0.25) is 9.59 Å². The third-order valence-corrected chi connectivity index (χ3v) is 4.54. The van der Waals surface area contributed by atoms with Gasteiger partial charge in [0.05, 0.1) is 18.5 Å². The third kappa shape index (κ3) is 4.13. The van der Waals surface area contributed by atoms with Crippen molar-refractivity contribution in [1.82, 2.24) is 20.0 Å². The molecule has 0 bridgehead atoms. The molecule has 1 fully saturated rings. The van der Waals surface area contributed by atoms with Gasteiger partial charge < -0.3 is 15.0 Å². The highest BCUT2D eigenvalue weighted by atomic mass is 16.5. The second kappa shape index (κ2) is 8.24. The second-order valence-electron chi connectivity index (χ2n) is 7.10. The fraction of sp³-hybridized carbons (Fsp3) is 0.450. The standard InChI is InChI=1S/C20H26N4O3/c1-14(2)13-27-17-12-24(15-8-5-4-6-9-15)22-18(17)20(26)23-11-7-10-16(23)19(25)21-3/h4-6,8-9,12,14,16H,7,10-11,13H2,1-3H3,(H,21,25)/t16-/m0/s1. The van der Waals surface area contributed by atoms with Crippen LogP contribution in [0.3, 0.4) is 0 Å². The molecule has 27 heavy (non-hydrogen) atoms. The minimum atomic E-state index is -0.456. The molecule has 0 saturated carbocycles. The van der Waals surface area contributed by atoms with E-state index in [-0.39, 0.29) is 17.5 Å². The molecule has 144 valence electrons. The van der Waals surface area contributed by atoms with Crippen molar-refractivity contribution in [3.8, 4) is 11.4 Å². The zero-order chi connectivity index (χ0) is 19.4. The van der Waals surface area contributed by atoms with Gasteiger partial charge in [0.15, 0.2) is 11.4 Å². The van der Waals surface area contributed by atoms with E-state index in [1.54, 1.807) is 22.8 Å². The molecule has 0 radical (unpaired) electrons. The van der Waals surface area contributed by atoms with E-state index in [0.717, 1.165) is 12.1 Å². The van der Waals surface area contributed by atoms with E-state index in [0.29, 0.717) is 31.2 Å². The molecular formula is C20H26N4O3. The lowest BCUT2D eigenvalue weighted by molar-refractivity contribution is -0.124. The predicted molar refractivity (Wildman–Crippen MR) is 102 cm³/mol. The number of ether oxygens (including phenoxy) is 1. The van der Waals surface area contributed by atoms with Crippen LogP contribution >= 0.6 is 0 Å². The molecular weight excluding hydrogens is 344 g/mol. The van der Waals surface area contributed by atoms with Crippen LogP contribution in [0.15, 0.2) is 36.5 Å². The van der Waals surface area contributed by atoms with E-state index in [1.807, 2.05) is 44.2 Å². The summed E-state index contributed by atoms with van der Waals surface area (Å²) in [5.74, 6) is 0.348. The molecule has 3 rings (SSSR count). The van der Waals surface area contributed by atoms with Gasteiger partial charge in [0.1, 0.15) is 6.04 Å². The van der Waals surface area contributed by atoms with Gasteiger partial charge in [-0.25, -0.2) is 4.68 Å². The summed E-state index contributed by atoms with van der Waals surface area (Å²) in [7, 11) is 1.59. The highest BCUT2D eigenvalue weighted by molar-refractivity contribution is 5.98. The van der Waals surface area contributed by atoms with Crippen LogP contribution in [0.2, 0.25) is 0 Å². The fourth-order valence-corrected chi connectivity index (χ4v) is 3.17. The number of carbonyl (C=O) groups is 2. The van der Waals surface area contributed by atoms with Crippen LogP contribution in [-0.4, -0.2) is 52.7 Å². The first kappa shape index (κ1) is 18.9. The number of likely N-dealkylation sites (N-methyl/N-ethyl adjacent to an activating group) is 1. The number of amides is 2. The number of rotatable bonds is 6. The Kier molecular flexibility index (Phi) is 5.78. The van der Waals surface area contributed by atoms with Crippen molar-refractivity contribution in [2.24, 2.45) is 5.92 Å². The summed E-state index contributed by atoms with van der Waals surface area (Å²) < 4.78 is 7.52. The summed E-state index contributed by atoms with van der Waals surface area (Å²) in [4.78, 5) is 26.9. The summed E-state index contributed by atoms with van der Waals surface area (Å²) in [6, 6.07) is 9.12. The average Bonchev–Trinajstić information content (AvgIpc) is 3.33. The van der Waals surface area contributed by atoms with Crippen LogP contribution in [0.25, 0.3) is 5.69 Å². The smallest absolute Gasteiger partial charge is 0.278 e. The Bertz CT molecular complexity index is 801. The van der Waals surface area contributed by atoms with Gasteiger partial charge >= 0.3 is 0 Å². The van der Waals surface area contributed by atoms with Crippen molar-refractivity contribution in [2.75, 3.05) is 20.2 Å². The molecule has 1 saturated heterocycles. The maximum absolute atomic E-state index is 13.2. The van der Waals surface area contributed by atoms with E-state index in [1.165, 1.54) is 0 Å². The Labute approximate surface area is 159 Å². The molecule has 7 heteroatoms. The van der Waals surface area contributed by atoms with E-state index in [2.05, 4.69) is 10.4 Å². The van der Waals surface area contributed by atoms with E-state index < -0.39 is 6.04 Å². The Morgan fingerprint density at radius 2 is 2.04 bits per heavy atom. The maximum atomic E-state index is 13.2. The molecule has 1 aromatic heterocycles. The van der Waals surface area contributed by atoms with Gasteiger partial charge in [-0.05, 0) is 30.9 Å². The van der Waals surface area contributed by atoms with Gasteiger partial charge in [0, 0.05) is 13.6 Å². The molecule has 7 nitrogen and oxygen atoms in total. The lowest BCUT2D eigenvalue weighted by Gasteiger charge is -2.22. The molecule has 1 N–H and O–H groups in total. The quantitative estimate of drug-likeness (QED) is 0.846. The Hall–Kier alpha value is -2.83. The van der Waals surface area contributed by atoms with Crippen molar-refractivity contribution in [2.45, 2.75) is 32.7 Å². The van der Waals surface area contributed by atoms with Gasteiger partial charge in [-0.15, -0.1) is 0 Å². The predicted octanol–water partition coefficient (Wildman–Crippen LogP) is 2.26. The number of aromatic nitrogens is 2. The molecule has 0 unspecified atom stereocenters. The number of nitrogens with one attached hydrogen (secondary N) is 1. The van der Waals surface area contributed by atoms with Crippen molar-refractivity contribution >= 4 is 11.8 Å². The summed E-state index contributed by atoms with van der Waals surface area (Å²) >= 11 is 0. The first-order valence-electron chi connectivity index (χ1n) is 9.31. The molecule has 2 aromatic rings. The Morgan fingerprint density at radius 1 is 1.30 bits per heavy atom. The highest BCUT2D eigenvalue weighted by Gasteiger charge is 2.36. The maximum Gasteiger partial charge on any atom is 0.278 e. The van der Waals surface area contributed by atoms with Crippen LogP contribution < -0.4 is 10.1 Å². The van der Waals surface area contributed by atoms with Crippen LogP contribution in [0.5, 0.6) is 5.75 Å². The molecule has 0 spiro atoms. The van der Waals surface area contributed by atoms with E-state index >= 15 is 0 Å². The van der Waals surface area contributed by atoms with Crippen molar-refractivity contribution < 1.29 is 14.3 Å². The molecule has 1 atom stereocenters. The number of carbonyl (C=O) groups excluding carboxylic acids is 2. The van der Waals surface area contributed by atoms with Crippen LogP contribution in [0.1, 0.15) is 37.2 Å². The number of likely N-dealkylation sites (tertiary alicyclic amines) is 1. The van der Waals surface area contributed by atoms with Crippen molar-refractivity contribution in [3.63, 3.8) is 0 Å². The van der Waals surface area contributed by atoms with E-state index in [4.69, 9.17) is 4.74 Å². The molecule has 2 heterocycles. The monoisotopic (exact) mass is 370 g/mol. The zero-order valence-corrected chi connectivity index (χ0v) is 16.0. The van der Waals surface area contributed by atoms with E-state index in [9.17, 15) is 9.59 Å². The van der Waals surface area contributed by atoms with Gasteiger partial charge in [-0.1, -0.05) is 32.0 Å². The number of hydrogen-bond acceptors (Lipinski definition) is 4. The average molecular weight is 370 g/mol. The van der Waals surface area contributed by atoms with Gasteiger partial charge in [0.2, 0.25) is 5.91 Å². The molecule has 1 aliphatic heterocycles. The number of hydrogen-bond donors (Lipinski definition) is 1. The summed E-state index contributed by atoms with van der Waals surface area (Å²) in [5.41, 5.74) is 1.09. The Morgan fingerprint density at radius 3 is 2.70 bits per heavy atom. The Balaban J connectivity index is 1.93. The highest BCUT2D eigenvalue weighted by Crippen LogP contribution is 2.26.